The van der Waals surface area contributed by atoms with Gasteiger partial charge >= 0.3 is 0 Å². The molecule has 104 valence electrons. The highest BCUT2D eigenvalue weighted by molar-refractivity contribution is 5.35. The Kier molecular flexibility index (Phi) is 3.82. The van der Waals surface area contributed by atoms with E-state index >= 15 is 0 Å². The van der Waals surface area contributed by atoms with E-state index in [4.69, 9.17) is 4.74 Å². The molecule has 1 N–H and O–H groups in total. The number of rotatable bonds is 4. The lowest BCUT2D eigenvalue weighted by Crippen LogP contribution is -2.40. The highest BCUT2D eigenvalue weighted by atomic mass is 16.5. The predicted molar refractivity (Wildman–Crippen MR) is 74.5 cm³/mol. The summed E-state index contributed by atoms with van der Waals surface area (Å²) in [5.74, 6) is 2.25. The third-order valence-electron chi connectivity index (χ3n) is 3.95. The average molecular weight is 262 g/mol. The van der Waals surface area contributed by atoms with Crippen LogP contribution in [0.4, 0.5) is 5.95 Å². The lowest BCUT2D eigenvalue weighted by molar-refractivity contribution is 0.305. The third-order valence-corrected chi connectivity index (χ3v) is 3.95. The largest absolute Gasteiger partial charge is 0.478 e. The molecule has 0 bridgehead atoms. The average Bonchev–Trinajstić information content (AvgIpc) is 2.89. The number of fused-ring (bicyclic) bond motifs is 1. The molecule has 19 heavy (non-hydrogen) atoms. The van der Waals surface area contributed by atoms with E-state index in [2.05, 4.69) is 27.1 Å². The molecule has 2 saturated heterocycles. The number of piperidine rings is 1. The fraction of sp³-hybridized carbons (Fsp3) is 0.714. The molecule has 3 heterocycles. The third kappa shape index (κ3) is 2.81. The zero-order chi connectivity index (χ0) is 13.1. The van der Waals surface area contributed by atoms with Crippen LogP contribution in [0.1, 0.15) is 26.2 Å². The first kappa shape index (κ1) is 12.7. The summed E-state index contributed by atoms with van der Waals surface area (Å²) in [6, 6.07) is 2.44. The number of nitrogens with zero attached hydrogens (tertiary/aromatic N) is 3. The second-order valence-electron chi connectivity index (χ2n) is 5.41. The first-order valence-electron chi connectivity index (χ1n) is 7.31. The molecule has 0 radical (unpaired) electrons. The van der Waals surface area contributed by atoms with Crippen molar-refractivity contribution < 1.29 is 4.74 Å². The maximum atomic E-state index is 5.58. The van der Waals surface area contributed by atoms with Crippen LogP contribution in [0.15, 0.2) is 12.3 Å². The molecule has 2 aliphatic rings. The minimum Gasteiger partial charge on any atom is -0.478 e. The summed E-state index contributed by atoms with van der Waals surface area (Å²) in [6.07, 6.45) is 5.40. The predicted octanol–water partition coefficient (Wildman–Crippen LogP) is 1.45. The van der Waals surface area contributed by atoms with E-state index in [0.29, 0.717) is 18.5 Å². The van der Waals surface area contributed by atoms with Gasteiger partial charge in [-0.1, -0.05) is 6.92 Å². The van der Waals surface area contributed by atoms with Crippen LogP contribution >= 0.6 is 0 Å². The second kappa shape index (κ2) is 5.74. The summed E-state index contributed by atoms with van der Waals surface area (Å²) < 4.78 is 5.58. The van der Waals surface area contributed by atoms with Gasteiger partial charge in [0.25, 0.3) is 0 Å². The Morgan fingerprint density at radius 1 is 1.47 bits per heavy atom. The number of nitrogens with one attached hydrogen (secondary N) is 1. The van der Waals surface area contributed by atoms with Crippen molar-refractivity contribution in [2.75, 3.05) is 31.1 Å². The molecule has 3 rings (SSSR count). The molecular weight excluding hydrogens is 240 g/mol. The normalized spacial score (nSPS) is 26.3. The van der Waals surface area contributed by atoms with Crippen molar-refractivity contribution in [1.82, 2.24) is 15.3 Å². The molecule has 1 aromatic heterocycles. The topological polar surface area (TPSA) is 50.3 Å². The van der Waals surface area contributed by atoms with E-state index in [0.717, 1.165) is 37.9 Å². The van der Waals surface area contributed by atoms with E-state index in [-0.39, 0.29) is 0 Å². The number of aromatic nitrogens is 2. The van der Waals surface area contributed by atoms with Crippen LogP contribution in [-0.2, 0) is 0 Å². The van der Waals surface area contributed by atoms with Gasteiger partial charge in [-0.15, -0.1) is 0 Å². The van der Waals surface area contributed by atoms with Gasteiger partial charge < -0.3 is 15.0 Å². The molecule has 0 aliphatic carbocycles. The van der Waals surface area contributed by atoms with Crippen LogP contribution in [0, 0.1) is 5.92 Å². The van der Waals surface area contributed by atoms with Gasteiger partial charge in [-0.05, 0) is 31.7 Å². The summed E-state index contributed by atoms with van der Waals surface area (Å²) in [4.78, 5) is 11.2. The van der Waals surface area contributed by atoms with Crippen LogP contribution < -0.4 is 15.0 Å². The maximum Gasteiger partial charge on any atom is 0.228 e. The highest BCUT2D eigenvalue weighted by Crippen LogP contribution is 2.27. The molecule has 1 aromatic rings. The first-order valence-corrected chi connectivity index (χ1v) is 7.31. The summed E-state index contributed by atoms with van der Waals surface area (Å²) in [6.45, 7) is 6.04. The molecule has 2 atom stereocenters. The highest BCUT2D eigenvalue weighted by Gasteiger charge is 2.35. The van der Waals surface area contributed by atoms with Gasteiger partial charge in [0.15, 0.2) is 0 Å². The zero-order valence-corrected chi connectivity index (χ0v) is 11.5. The molecule has 5 nitrogen and oxygen atoms in total. The summed E-state index contributed by atoms with van der Waals surface area (Å²) >= 11 is 0. The number of hydrogen-bond acceptors (Lipinski definition) is 5. The van der Waals surface area contributed by atoms with Crippen molar-refractivity contribution in [3.8, 4) is 5.88 Å². The zero-order valence-electron chi connectivity index (χ0n) is 11.5. The molecule has 0 amide bonds. The smallest absolute Gasteiger partial charge is 0.228 e. The molecule has 2 aliphatic heterocycles. The summed E-state index contributed by atoms with van der Waals surface area (Å²) in [5.41, 5.74) is 0. The van der Waals surface area contributed by atoms with Crippen molar-refractivity contribution in [3.63, 3.8) is 0 Å². The maximum absolute atomic E-state index is 5.58. The van der Waals surface area contributed by atoms with Gasteiger partial charge in [0.1, 0.15) is 0 Å². The molecule has 0 aromatic carbocycles. The van der Waals surface area contributed by atoms with Gasteiger partial charge in [0.05, 0.1) is 6.61 Å². The minimum absolute atomic E-state index is 0.609. The second-order valence-corrected chi connectivity index (χ2v) is 5.41. The Labute approximate surface area is 114 Å². The van der Waals surface area contributed by atoms with Crippen LogP contribution in [0.25, 0.3) is 0 Å². The Morgan fingerprint density at radius 3 is 3.26 bits per heavy atom. The Morgan fingerprint density at radius 2 is 2.42 bits per heavy atom. The lowest BCUT2D eigenvalue weighted by Gasteiger charge is -2.24. The summed E-state index contributed by atoms with van der Waals surface area (Å²) in [7, 11) is 0. The van der Waals surface area contributed by atoms with Crippen molar-refractivity contribution >= 4 is 5.95 Å². The molecule has 2 unspecified atom stereocenters. The Balaban J connectivity index is 1.68. The van der Waals surface area contributed by atoms with E-state index in [1.807, 2.05) is 6.07 Å². The van der Waals surface area contributed by atoms with Gasteiger partial charge in [-0.25, -0.2) is 4.98 Å². The lowest BCUT2D eigenvalue weighted by atomic mass is 9.94. The number of ether oxygens (including phenoxy) is 1. The van der Waals surface area contributed by atoms with Crippen LogP contribution in [0.5, 0.6) is 5.88 Å². The fourth-order valence-electron chi connectivity index (χ4n) is 2.98. The van der Waals surface area contributed by atoms with Gasteiger partial charge in [0.2, 0.25) is 11.8 Å². The van der Waals surface area contributed by atoms with Crippen molar-refractivity contribution in [1.29, 1.82) is 0 Å². The van der Waals surface area contributed by atoms with E-state index in [1.165, 1.54) is 12.8 Å². The minimum atomic E-state index is 0.609. The SMILES string of the molecule is CCCOc1ccnc(N2CC3CCCNC3C2)n1. The van der Waals surface area contributed by atoms with E-state index in [9.17, 15) is 0 Å². The molecule has 2 fully saturated rings. The molecular formula is C14H22N4O. The van der Waals surface area contributed by atoms with Crippen molar-refractivity contribution in [3.05, 3.63) is 12.3 Å². The monoisotopic (exact) mass is 262 g/mol. The van der Waals surface area contributed by atoms with Gasteiger partial charge in [-0.3, -0.25) is 0 Å². The van der Waals surface area contributed by atoms with Gasteiger partial charge in [0, 0.05) is 31.4 Å². The number of anilines is 1. The Hall–Kier alpha value is -1.36. The van der Waals surface area contributed by atoms with Crippen LogP contribution in [-0.4, -0.2) is 42.3 Å². The fourth-order valence-corrected chi connectivity index (χ4v) is 2.98. The molecule has 5 heteroatoms. The van der Waals surface area contributed by atoms with Crippen LogP contribution in [0.3, 0.4) is 0 Å². The first-order chi connectivity index (χ1) is 9.36. The number of hydrogen-bond donors (Lipinski definition) is 1. The van der Waals surface area contributed by atoms with E-state index < -0.39 is 0 Å². The standard InChI is InChI=1S/C14H22N4O/c1-2-8-19-13-5-7-16-14(17-13)18-9-11-4-3-6-15-12(11)10-18/h5,7,11-12,15H,2-4,6,8-10H2,1H3. The van der Waals surface area contributed by atoms with E-state index in [1.54, 1.807) is 6.20 Å². The molecule has 0 spiro atoms. The van der Waals surface area contributed by atoms with Crippen molar-refractivity contribution in [2.24, 2.45) is 5.92 Å². The quantitative estimate of drug-likeness (QED) is 0.890. The van der Waals surface area contributed by atoms with Crippen molar-refractivity contribution in [2.45, 2.75) is 32.2 Å². The van der Waals surface area contributed by atoms with Crippen LogP contribution in [0.2, 0.25) is 0 Å². The summed E-state index contributed by atoms with van der Waals surface area (Å²) in [5, 5.41) is 3.60. The molecule has 0 saturated carbocycles. The Bertz CT molecular complexity index is 412. The van der Waals surface area contributed by atoms with Gasteiger partial charge in [-0.2, -0.15) is 4.98 Å².